The van der Waals surface area contributed by atoms with Crippen LogP contribution in [-0.4, -0.2) is 30.7 Å². The molecule has 0 N–H and O–H groups in total. The van der Waals surface area contributed by atoms with Crippen molar-refractivity contribution in [2.75, 3.05) is 0 Å². The van der Waals surface area contributed by atoms with Gasteiger partial charge >= 0.3 is 0 Å². The van der Waals surface area contributed by atoms with Crippen molar-refractivity contribution in [1.29, 1.82) is 0 Å². The lowest BCUT2D eigenvalue weighted by Crippen LogP contribution is -2.43. The highest BCUT2D eigenvalue weighted by atomic mass is 28.4. The number of furan rings is 2. The first-order valence-corrected chi connectivity index (χ1v) is 30.3. The summed E-state index contributed by atoms with van der Waals surface area (Å²) < 4.78 is 32.8. The second kappa shape index (κ2) is 17.4. The fourth-order valence-corrected chi connectivity index (χ4v) is 9.39. The van der Waals surface area contributed by atoms with Crippen LogP contribution < -0.4 is 13.3 Å². The first kappa shape index (κ1) is 47.0. The maximum absolute atomic E-state index is 14.1. The highest BCUT2D eigenvalue weighted by Gasteiger charge is 2.41. The van der Waals surface area contributed by atoms with Gasteiger partial charge in [-0.1, -0.05) is 98.7 Å². The molecule has 2 heterocycles. The van der Waals surface area contributed by atoms with E-state index in [4.69, 9.17) is 22.1 Å². The van der Waals surface area contributed by atoms with Crippen molar-refractivity contribution < 1.29 is 26.9 Å². The lowest BCUT2D eigenvalue weighted by atomic mass is 9.79. The van der Waals surface area contributed by atoms with Crippen LogP contribution in [0.3, 0.4) is 0 Å². The van der Waals surface area contributed by atoms with Crippen molar-refractivity contribution in [2.45, 2.75) is 155 Å². The first-order valence-electron chi connectivity index (χ1n) is 21.6. The van der Waals surface area contributed by atoms with Crippen LogP contribution in [0, 0.1) is 0 Å². The molecular weight excluding hydrogens is 793 g/mol. The standard InChI is InChI=1S/C51H72O6Si3/c1-48(2,3)58(11,12)55-41-23-17-37(18-24-41)33-40(52)36-51(10,46-31-29-44(53-46)34-38-19-25-42(26-20-38)56-59(13,14)49(4,5)6)47-32-30-45(54-47)35-39-21-27-43(28-22-39)57-60(15,16)50(7,8)9/h17-32H,33-36H2,1-16H3. The third-order valence-corrected chi connectivity index (χ3v) is 26.5. The van der Waals surface area contributed by atoms with E-state index in [-0.39, 0.29) is 27.3 Å². The molecule has 0 saturated carbocycles. The number of hydrogen-bond donors (Lipinski definition) is 0. The molecule has 5 aromatic rings. The Hall–Kier alpha value is -4.06. The lowest BCUT2D eigenvalue weighted by molar-refractivity contribution is -0.119. The molecule has 324 valence electrons. The van der Waals surface area contributed by atoms with Crippen LogP contribution in [0.25, 0.3) is 0 Å². The molecule has 3 aromatic carbocycles. The van der Waals surface area contributed by atoms with Crippen LogP contribution in [0.4, 0.5) is 0 Å². The van der Waals surface area contributed by atoms with E-state index in [2.05, 4.69) is 157 Å². The monoisotopic (exact) mass is 864 g/mol. The van der Waals surface area contributed by atoms with Gasteiger partial charge in [0.2, 0.25) is 25.0 Å². The van der Waals surface area contributed by atoms with Crippen LogP contribution in [0.1, 0.15) is 115 Å². The van der Waals surface area contributed by atoms with E-state index >= 15 is 0 Å². The number of carbonyl (C=O) groups excluding carboxylic acids is 1. The molecule has 2 aromatic heterocycles. The van der Waals surface area contributed by atoms with Crippen molar-refractivity contribution in [1.82, 2.24) is 0 Å². The smallest absolute Gasteiger partial charge is 0.250 e. The number of hydrogen-bond acceptors (Lipinski definition) is 6. The molecule has 0 amide bonds. The highest BCUT2D eigenvalue weighted by Crippen LogP contribution is 2.41. The number of rotatable bonds is 16. The second-order valence-electron chi connectivity index (χ2n) is 21.6. The minimum atomic E-state index is -1.98. The molecule has 60 heavy (non-hydrogen) atoms. The second-order valence-corrected chi connectivity index (χ2v) is 35.8. The summed E-state index contributed by atoms with van der Waals surface area (Å²) in [6.07, 6.45) is 1.75. The summed E-state index contributed by atoms with van der Waals surface area (Å²) in [4.78, 5) is 14.1. The van der Waals surface area contributed by atoms with Gasteiger partial charge in [0.05, 0.1) is 5.41 Å². The van der Waals surface area contributed by atoms with Crippen LogP contribution in [0.15, 0.2) is 106 Å². The van der Waals surface area contributed by atoms with E-state index in [0.29, 0.717) is 30.8 Å². The number of ketones is 1. The minimum absolute atomic E-state index is 0.0952. The minimum Gasteiger partial charge on any atom is -0.544 e. The molecule has 0 saturated heterocycles. The van der Waals surface area contributed by atoms with Gasteiger partial charge in [0.15, 0.2) is 0 Å². The molecule has 0 fully saturated rings. The van der Waals surface area contributed by atoms with Crippen molar-refractivity contribution in [3.63, 3.8) is 0 Å². The van der Waals surface area contributed by atoms with Crippen LogP contribution in [0.2, 0.25) is 54.4 Å². The average Bonchev–Trinajstić information content (AvgIpc) is 3.80. The zero-order valence-corrected chi connectivity index (χ0v) is 42.5. The van der Waals surface area contributed by atoms with Crippen molar-refractivity contribution in [3.8, 4) is 17.2 Å². The van der Waals surface area contributed by atoms with Gasteiger partial charge in [0, 0.05) is 25.7 Å². The molecule has 9 heteroatoms. The van der Waals surface area contributed by atoms with Gasteiger partial charge in [-0.25, -0.2) is 0 Å². The first-order chi connectivity index (χ1) is 27.6. The van der Waals surface area contributed by atoms with E-state index in [1.165, 1.54) is 0 Å². The van der Waals surface area contributed by atoms with Crippen molar-refractivity contribution in [3.05, 3.63) is 137 Å². The molecule has 0 unspecified atom stereocenters. The molecular formula is C51H72O6Si3. The Morgan fingerprint density at radius 1 is 0.450 bits per heavy atom. The summed E-state index contributed by atoms with van der Waals surface area (Å²) in [6.45, 7) is 35.8. The largest absolute Gasteiger partial charge is 0.544 e. The number of carbonyl (C=O) groups is 1. The zero-order valence-electron chi connectivity index (χ0n) is 39.5. The normalized spacial score (nSPS) is 13.3. The Labute approximate surface area is 364 Å². The summed E-state index contributed by atoms with van der Waals surface area (Å²) >= 11 is 0. The molecule has 0 radical (unpaired) electrons. The van der Waals surface area contributed by atoms with Gasteiger partial charge in [-0.3, -0.25) is 4.79 Å². The van der Waals surface area contributed by atoms with Gasteiger partial charge in [-0.05, 0) is 139 Å². The van der Waals surface area contributed by atoms with Crippen molar-refractivity contribution in [2.24, 2.45) is 0 Å². The molecule has 0 spiro atoms. The van der Waals surface area contributed by atoms with E-state index in [9.17, 15) is 4.79 Å². The Morgan fingerprint density at radius 3 is 1.05 bits per heavy atom. The molecule has 0 aliphatic heterocycles. The van der Waals surface area contributed by atoms with E-state index < -0.39 is 30.4 Å². The van der Waals surface area contributed by atoms with Gasteiger partial charge in [0.25, 0.3) is 0 Å². The maximum Gasteiger partial charge on any atom is 0.250 e. The topological polar surface area (TPSA) is 71.0 Å². The van der Waals surface area contributed by atoms with Crippen LogP contribution in [0.5, 0.6) is 17.2 Å². The molecule has 6 nitrogen and oxygen atoms in total. The predicted octanol–water partition coefficient (Wildman–Crippen LogP) is 14.7. The average molecular weight is 865 g/mol. The molecule has 0 bridgehead atoms. The Kier molecular flexibility index (Phi) is 13.6. The molecule has 0 aliphatic rings. The summed E-state index contributed by atoms with van der Waals surface area (Å²) in [5, 5.41) is 0.335. The molecule has 0 atom stereocenters. The summed E-state index contributed by atoms with van der Waals surface area (Å²) in [7, 11) is -5.87. The summed E-state index contributed by atoms with van der Waals surface area (Å²) in [5.41, 5.74) is 2.37. The quantitative estimate of drug-likeness (QED) is 0.0920. The Morgan fingerprint density at radius 2 is 0.750 bits per heavy atom. The fourth-order valence-electron chi connectivity index (χ4n) is 6.29. The van der Waals surface area contributed by atoms with E-state index in [0.717, 1.165) is 45.5 Å². The predicted molar refractivity (Wildman–Crippen MR) is 256 cm³/mol. The van der Waals surface area contributed by atoms with Crippen molar-refractivity contribution >= 4 is 30.7 Å². The number of Topliss-reactive ketones (excluding diaryl/α,β-unsaturated/α-hetero) is 1. The third-order valence-electron chi connectivity index (χ3n) is 13.4. The fraction of sp³-hybridized carbons (Fsp3) is 0.471. The highest BCUT2D eigenvalue weighted by molar-refractivity contribution is 6.75. The SMILES string of the molecule is CC(CC(=O)Cc1ccc(O[Si](C)(C)C(C)(C)C)cc1)(c1ccc(Cc2ccc(O[Si](C)(C)C(C)(C)C)cc2)o1)c1ccc(Cc2ccc(O[Si](C)(C)C(C)(C)C)cc2)o1. The number of benzene rings is 3. The zero-order chi connectivity index (χ0) is 44.5. The maximum atomic E-state index is 14.1. The van der Waals surface area contributed by atoms with Gasteiger partial charge in [-0.15, -0.1) is 0 Å². The Balaban J connectivity index is 1.36. The third kappa shape index (κ3) is 11.4. The molecule has 5 rings (SSSR count). The Bertz CT molecular complexity index is 2080. The van der Waals surface area contributed by atoms with Crippen LogP contribution in [-0.2, 0) is 29.5 Å². The summed E-state index contributed by atoms with van der Waals surface area (Å²) in [5.74, 6) is 5.81. The van der Waals surface area contributed by atoms with Gasteiger partial charge in [-0.2, -0.15) is 0 Å². The van der Waals surface area contributed by atoms with E-state index in [1.807, 2.05) is 48.5 Å². The van der Waals surface area contributed by atoms with E-state index in [1.54, 1.807) is 0 Å². The molecule has 0 aliphatic carbocycles. The lowest BCUT2D eigenvalue weighted by Gasteiger charge is -2.36. The van der Waals surface area contributed by atoms with Gasteiger partial charge in [0.1, 0.15) is 46.1 Å². The van der Waals surface area contributed by atoms with Crippen LogP contribution >= 0.6 is 0 Å². The van der Waals surface area contributed by atoms with Gasteiger partial charge < -0.3 is 22.1 Å². The summed E-state index contributed by atoms with van der Waals surface area (Å²) in [6, 6.07) is 32.8.